The van der Waals surface area contributed by atoms with Crippen molar-refractivity contribution < 1.29 is 14.3 Å². The highest BCUT2D eigenvalue weighted by Gasteiger charge is 2.27. The second kappa shape index (κ2) is 8.47. The van der Waals surface area contributed by atoms with E-state index < -0.39 is 0 Å². The third-order valence-electron chi connectivity index (χ3n) is 5.68. The normalized spacial score (nSPS) is 14.2. The summed E-state index contributed by atoms with van der Waals surface area (Å²) in [7, 11) is 1.68. The van der Waals surface area contributed by atoms with Crippen LogP contribution in [0.15, 0.2) is 48.5 Å². The van der Waals surface area contributed by atoms with Crippen molar-refractivity contribution in [2.75, 3.05) is 12.4 Å². The van der Waals surface area contributed by atoms with E-state index >= 15 is 0 Å². The molecular formula is C27H29NO3S. The average Bonchev–Trinajstić information content (AvgIpc) is 3.17. The van der Waals surface area contributed by atoms with E-state index in [1.165, 1.54) is 11.3 Å². The number of allylic oxidation sites excluding steroid dienone is 1. The molecule has 0 spiro atoms. The summed E-state index contributed by atoms with van der Waals surface area (Å²) in [6, 6.07) is 14.1. The van der Waals surface area contributed by atoms with E-state index in [2.05, 4.69) is 57.3 Å². The van der Waals surface area contributed by atoms with Crippen LogP contribution in [-0.2, 0) is 11.3 Å². The van der Waals surface area contributed by atoms with Gasteiger partial charge >= 0.3 is 5.97 Å². The number of esters is 1. The lowest BCUT2D eigenvalue weighted by Crippen LogP contribution is -2.32. The Balaban J connectivity index is 1.83. The second-order valence-corrected chi connectivity index (χ2v) is 10.2. The molecule has 0 unspecified atom stereocenters. The Morgan fingerprint density at radius 1 is 1.03 bits per heavy atom. The molecule has 5 heteroatoms. The summed E-state index contributed by atoms with van der Waals surface area (Å²) >= 11 is 1.45. The van der Waals surface area contributed by atoms with Gasteiger partial charge in [0.05, 0.1) is 12.6 Å². The minimum absolute atomic E-state index is 0.151. The average molecular weight is 448 g/mol. The van der Waals surface area contributed by atoms with E-state index in [-0.39, 0.29) is 18.1 Å². The lowest BCUT2D eigenvalue weighted by molar-refractivity contribution is 0.0479. The van der Waals surface area contributed by atoms with Gasteiger partial charge in [-0.05, 0) is 76.1 Å². The van der Waals surface area contributed by atoms with Gasteiger partial charge in [0, 0.05) is 27.3 Å². The summed E-state index contributed by atoms with van der Waals surface area (Å²) in [4.78, 5) is 14.4. The van der Waals surface area contributed by atoms with E-state index in [0.717, 1.165) is 49.7 Å². The molecule has 166 valence electrons. The Morgan fingerprint density at radius 2 is 1.81 bits per heavy atom. The van der Waals surface area contributed by atoms with Crippen LogP contribution in [0.5, 0.6) is 5.75 Å². The van der Waals surface area contributed by atoms with Crippen LogP contribution < -0.4 is 10.1 Å². The molecule has 0 saturated carbocycles. The summed E-state index contributed by atoms with van der Waals surface area (Å²) in [6.07, 6.45) is 2.22. The van der Waals surface area contributed by atoms with Crippen LogP contribution in [0.25, 0.3) is 16.7 Å². The van der Waals surface area contributed by atoms with Crippen molar-refractivity contribution in [1.29, 1.82) is 0 Å². The maximum Gasteiger partial charge on any atom is 0.348 e. The van der Waals surface area contributed by atoms with Crippen molar-refractivity contribution in [2.24, 2.45) is 0 Å². The number of nitrogens with one attached hydrogen (secondary N) is 1. The minimum Gasteiger partial charge on any atom is -0.496 e. The quantitative estimate of drug-likeness (QED) is 0.428. The number of thiophene rings is 1. The maximum absolute atomic E-state index is 12.7. The number of carbonyl (C=O) groups excluding carboxylic acids is 1. The number of methoxy groups -OCH3 is 1. The smallest absolute Gasteiger partial charge is 0.348 e. The number of hydrogen-bond acceptors (Lipinski definition) is 5. The molecule has 0 fully saturated rings. The first-order chi connectivity index (χ1) is 15.2. The molecule has 0 aliphatic carbocycles. The predicted molar refractivity (Wildman–Crippen MR) is 133 cm³/mol. The van der Waals surface area contributed by atoms with E-state index in [0.29, 0.717) is 4.88 Å². The lowest BCUT2D eigenvalue weighted by Gasteiger charge is -2.33. The molecule has 4 nitrogen and oxygen atoms in total. The van der Waals surface area contributed by atoms with E-state index in [1.807, 2.05) is 31.2 Å². The number of hydrogen-bond donors (Lipinski definition) is 1. The van der Waals surface area contributed by atoms with Gasteiger partial charge in [0.2, 0.25) is 0 Å². The van der Waals surface area contributed by atoms with Crippen LogP contribution >= 0.6 is 11.3 Å². The molecule has 0 bridgehead atoms. The van der Waals surface area contributed by atoms with Crippen molar-refractivity contribution in [3.63, 3.8) is 0 Å². The first-order valence-corrected chi connectivity index (χ1v) is 11.5. The monoisotopic (exact) mass is 447 g/mol. The molecule has 0 amide bonds. The molecule has 1 N–H and O–H groups in total. The lowest BCUT2D eigenvalue weighted by atomic mass is 9.85. The van der Waals surface area contributed by atoms with Crippen LogP contribution in [0.1, 0.15) is 52.0 Å². The summed E-state index contributed by atoms with van der Waals surface area (Å²) in [5.41, 5.74) is 7.26. The third kappa shape index (κ3) is 4.30. The molecule has 1 aliphatic heterocycles. The molecule has 1 aromatic heterocycles. The topological polar surface area (TPSA) is 47.6 Å². The van der Waals surface area contributed by atoms with Crippen molar-refractivity contribution >= 4 is 28.6 Å². The molecule has 4 rings (SSSR count). The third-order valence-corrected chi connectivity index (χ3v) is 6.66. The fourth-order valence-corrected chi connectivity index (χ4v) is 5.15. The van der Waals surface area contributed by atoms with Gasteiger partial charge in [-0.3, -0.25) is 0 Å². The number of fused-ring (bicyclic) bond motifs is 1. The van der Waals surface area contributed by atoms with Crippen LogP contribution in [0, 0.1) is 13.8 Å². The van der Waals surface area contributed by atoms with Crippen molar-refractivity contribution in [3.05, 3.63) is 75.0 Å². The number of carbonyl (C=O) groups is 1. The maximum atomic E-state index is 12.7. The van der Waals surface area contributed by atoms with Gasteiger partial charge in [-0.25, -0.2) is 4.79 Å². The molecular weight excluding hydrogens is 418 g/mol. The molecule has 2 heterocycles. The summed E-state index contributed by atoms with van der Waals surface area (Å²) < 4.78 is 11.5. The van der Waals surface area contributed by atoms with Gasteiger partial charge < -0.3 is 14.8 Å². The zero-order chi connectivity index (χ0) is 23.0. The van der Waals surface area contributed by atoms with E-state index in [9.17, 15) is 4.79 Å². The SMILES string of the molecule is COc1ccc(C)cc1-c1ccc2c(c1COC(=O)c1ccc(C)s1)C(C)=CC(C)(C)N2. The predicted octanol–water partition coefficient (Wildman–Crippen LogP) is 7.00. The standard InChI is InChI=1S/C27H29NO3S/c1-16-7-11-23(30-6)20(13-16)19-9-10-22-25(17(2)14-27(4,5)28-22)21(19)15-31-26(29)24-12-8-18(3)32-24/h7-14,28H,15H2,1-6H3. The summed E-state index contributed by atoms with van der Waals surface area (Å²) in [5.74, 6) is 0.497. The Bertz CT molecular complexity index is 1220. The Hall–Kier alpha value is -3.05. The van der Waals surface area contributed by atoms with Gasteiger partial charge in [0.15, 0.2) is 0 Å². The first-order valence-electron chi connectivity index (χ1n) is 10.7. The van der Waals surface area contributed by atoms with Crippen molar-refractivity contribution in [1.82, 2.24) is 0 Å². The molecule has 3 aromatic rings. The molecule has 0 radical (unpaired) electrons. The number of aryl methyl sites for hydroxylation is 2. The van der Waals surface area contributed by atoms with Gasteiger partial charge in [-0.15, -0.1) is 11.3 Å². The molecule has 0 saturated heterocycles. The highest BCUT2D eigenvalue weighted by molar-refractivity contribution is 7.13. The minimum atomic E-state index is -0.298. The van der Waals surface area contributed by atoms with Crippen LogP contribution in [0.3, 0.4) is 0 Å². The van der Waals surface area contributed by atoms with Crippen molar-refractivity contribution in [2.45, 2.75) is 46.8 Å². The van der Waals surface area contributed by atoms with E-state index in [1.54, 1.807) is 7.11 Å². The molecule has 2 aromatic carbocycles. The van der Waals surface area contributed by atoms with Gasteiger partial charge in [-0.2, -0.15) is 0 Å². The van der Waals surface area contributed by atoms with Crippen LogP contribution in [0.4, 0.5) is 5.69 Å². The summed E-state index contributed by atoms with van der Waals surface area (Å²) in [6.45, 7) is 10.6. The number of anilines is 1. The zero-order valence-corrected chi connectivity index (χ0v) is 20.3. The van der Waals surface area contributed by atoms with Crippen LogP contribution in [-0.4, -0.2) is 18.6 Å². The Labute approximate surface area is 193 Å². The van der Waals surface area contributed by atoms with Gasteiger partial charge in [0.25, 0.3) is 0 Å². The van der Waals surface area contributed by atoms with Gasteiger partial charge in [-0.1, -0.05) is 23.8 Å². The zero-order valence-electron chi connectivity index (χ0n) is 19.5. The van der Waals surface area contributed by atoms with Crippen LogP contribution in [0.2, 0.25) is 0 Å². The number of benzene rings is 2. The summed E-state index contributed by atoms with van der Waals surface area (Å²) in [5, 5.41) is 3.60. The highest BCUT2D eigenvalue weighted by atomic mass is 32.1. The number of ether oxygens (including phenoxy) is 2. The van der Waals surface area contributed by atoms with Crippen molar-refractivity contribution in [3.8, 4) is 16.9 Å². The molecule has 1 aliphatic rings. The second-order valence-electron chi connectivity index (χ2n) is 8.88. The largest absolute Gasteiger partial charge is 0.496 e. The Kier molecular flexibility index (Phi) is 5.87. The molecule has 32 heavy (non-hydrogen) atoms. The fraction of sp³-hybridized carbons (Fsp3) is 0.296. The fourth-order valence-electron chi connectivity index (χ4n) is 4.39. The Morgan fingerprint density at radius 3 is 2.50 bits per heavy atom. The van der Waals surface area contributed by atoms with E-state index in [4.69, 9.17) is 9.47 Å². The first kappa shape index (κ1) is 22.2. The van der Waals surface area contributed by atoms with Gasteiger partial charge in [0.1, 0.15) is 17.2 Å². The number of rotatable bonds is 5. The molecule has 0 atom stereocenters. The highest BCUT2D eigenvalue weighted by Crippen LogP contribution is 2.43.